The van der Waals surface area contributed by atoms with Gasteiger partial charge in [0.25, 0.3) is 0 Å². The summed E-state index contributed by atoms with van der Waals surface area (Å²) in [7, 11) is 0. The highest BCUT2D eigenvalue weighted by atomic mass is 16.3. The van der Waals surface area contributed by atoms with Gasteiger partial charge in [-0.3, -0.25) is 0 Å². The zero-order valence-electron chi connectivity index (χ0n) is 24.0. The third-order valence-corrected chi connectivity index (χ3v) is 9.67. The second-order valence-electron chi connectivity index (χ2n) is 12.0. The van der Waals surface area contributed by atoms with E-state index in [9.17, 15) is 0 Å². The first kappa shape index (κ1) is 23.9. The van der Waals surface area contributed by atoms with E-state index in [1.165, 1.54) is 82.2 Å². The molecule has 0 fully saturated rings. The molecule has 0 saturated heterocycles. The molecule has 0 unspecified atom stereocenters. The molecule has 9 aromatic rings. The molecule has 44 heavy (non-hydrogen) atoms. The average molecular weight is 559 g/mol. The summed E-state index contributed by atoms with van der Waals surface area (Å²) in [6.07, 6.45) is 0.892. The monoisotopic (exact) mass is 558 g/mol. The molecule has 10 rings (SSSR count). The summed E-state index contributed by atoms with van der Waals surface area (Å²) in [5.74, 6) is 0. The number of hydrogen-bond acceptors (Lipinski definition) is 1. The molecule has 1 heteroatoms. The van der Waals surface area contributed by atoms with Crippen LogP contribution in [0.1, 0.15) is 11.1 Å². The Morgan fingerprint density at radius 1 is 0.409 bits per heavy atom. The smallest absolute Gasteiger partial charge is 0.143 e. The lowest BCUT2D eigenvalue weighted by Gasteiger charge is -2.20. The van der Waals surface area contributed by atoms with Crippen molar-refractivity contribution >= 4 is 54.3 Å². The molecule has 0 bridgehead atoms. The summed E-state index contributed by atoms with van der Waals surface area (Å²) in [6.45, 7) is 0. The first-order valence-electron chi connectivity index (χ1n) is 15.3. The maximum atomic E-state index is 6.63. The van der Waals surface area contributed by atoms with Crippen molar-refractivity contribution in [2.45, 2.75) is 6.42 Å². The van der Waals surface area contributed by atoms with Crippen molar-refractivity contribution in [3.63, 3.8) is 0 Å². The topological polar surface area (TPSA) is 13.1 Å². The first-order valence-corrected chi connectivity index (χ1v) is 15.3. The Labute approximate surface area is 254 Å². The molecule has 1 nitrogen and oxygen atoms in total. The third kappa shape index (κ3) is 3.24. The Bertz CT molecular complexity index is 2580. The fourth-order valence-electron chi connectivity index (χ4n) is 7.77. The van der Waals surface area contributed by atoms with Gasteiger partial charge in [0.15, 0.2) is 0 Å². The Kier molecular flexibility index (Phi) is 4.84. The number of rotatable bonds is 2. The van der Waals surface area contributed by atoms with E-state index >= 15 is 0 Å². The molecule has 1 aliphatic rings. The Morgan fingerprint density at radius 2 is 1.02 bits per heavy atom. The number of hydrogen-bond donors (Lipinski definition) is 0. The summed E-state index contributed by atoms with van der Waals surface area (Å²) >= 11 is 0. The van der Waals surface area contributed by atoms with Gasteiger partial charge in [0.05, 0.1) is 0 Å². The molecule has 0 radical (unpaired) electrons. The summed E-state index contributed by atoms with van der Waals surface area (Å²) in [4.78, 5) is 0. The van der Waals surface area contributed by atoms with Crippen molar-refractivity contribution in [2.75, 3.05) is 0 Å². The molecule has 0 aliphatic heterocycles. The van der Waals surface area contributed by atoms with Crippen LogP contribution >= 0.6 is 0 Å². The molecule has 1 aromatic heterocycles. The highest BCUT2D eigenvalue weighted by molar-refractivity contribution is 6.24. The number of fused-ring (bicyclic) bond motifs is 10. The van der Waals surface area contributed by atoms with Gasteiger partial charge >= 0.3 is 0 Å². The van der Waals surface area contributed by atoms with Crippen LogP contribution in [-0.4, -0.2) is 0 Å². The zero-order valence-corrected chi connectivity index (χ0v) is 24.0. The highest BCUT2D eigenvalue weighted by Gasteiger charge is 2.29. The first-order chi connectivity index (χ1) is 21.8. The van der Waals surface area contributed by atoms with Crippen LogP contribution in [0.3, 0.4) is 0 Å². The van der Waals surface area contributed by atoms with Crippen LogP contribution < -0.4 is 0 Å². The SMILES string of the molecule is c1ccc2c(c1)Cc1c(-c3c4ccccc4c(-c4ccc5ccccc5c4)c4ccccc34)cc3c(oc4ccccc43)c1-2. The Hall–Kier alpha value is -5.66. The molecule has 0 N–H and O–H groups in total. The van der Waals surface area contributed by atoms with Crippen LogP contribution in [0.4, 0.5) is 0 Å². The second-order valence-corrected chi connectivity index (χ2v) is 12.0. The fraction of sp³-hybridized carbons (Fsp3) is 0.0233. The summed E-state index contributed by atoms with van der Waals surface area (Å²) in [5, 5.41) is 9.97. The van der Waals surface area contributed by atoms with E-state index in [1.807, 2.05) is 0 Å². The van der Waals surface area contributed by atoms with E-state index in [0.717, 1.165) is 23.0 Å². The van der Waals surface area contributed by atoms with Gasteiger partial charge in [-0.05, 0) is 95.9 Å². The average Bonchev–Trinajstić information content (AvgIpc) is 3.65. The third-order valence-electron chi connectivity index (χ3n) is 9.67. The molecular formula is C43H26O. The van der Waals surface area contributed by atoms with E-state index in [-0.39, 0.29) is 0 Å². The molecule has 1 heterocycles. The molecule has 204 valence electrons. The maximum absolute atomic E-state index is 6.63. The summed E-state index contributed by atoms with van der Waals surface area (Å²) in [5.41, 5.74) is 12.3. The minimum atomic E-state index is 0.892. The van der Waals surface area contributed by atoms with Crippen LogP contribution in [0.5, 0.6) is 0 Å². The van der Waals surface area contributed by atoms with Gasteiger partial charge in [0.2, 0.25) is 0 Å². The fourth-order valence-corrected chi connectivity index (χ4v) is 7.77. The van der Waals surface area contributed by atoms with Crippen LogP contribution in [0.25, 0.3) is 87.6 Å². The highest BCUT2D eigenvalue weighted by Crippen LogP contribution is 2.52. The summed E-state index contributed by atoms with van der Waals surface area (Å²) < 4.78 is 6.63. The molecule has 0 atom stereocenters. The zero-order chi connectivity index (χ0) is 28.8. The largest absolute Gasteiger partial charge is 0.455 e. The van der Waals surface area contributed by atoms with Gasteiger partial charge in [-0.25, -0.2) is 0 Å². The van der Waals surface area contributed by atoms with E-state index in [4.69, 9.17) is 4.42 Å². The minimum Gasteiger partial charge on any atom is -0.455 e. The van der Waals surface area contributed by atoms with Crippen LogP contribution in [0.2, 0.25) is 0 Å². The quantitative estimate of drug-likeness (QED) is 0.192. The molecule has 0 saturated carbocycles. The summed E-state index contributed by atoms with van der Waals surface area (Å²) in [6, 6.07) is 53.2. The Balaban J connectivity index is 1.37. The minimum absolute atomic E-state index is 0.892. The number of furan rings is 1. The number of para-hydroxylation sites is 1. The van der Waals surface area contributed by atoms with Gasteiger partial charge in [-0.15, -0.1) is 0 Å². The van der Waals surface area contributed by atoms with Crippen molar-refractivity contribution < 1.29 is 4.42 Å². The lowest BCUT2D eigenvalue weighted by atomic mass is 9.83. The van der Waals surface area contributed by atoms with E-state index in [1.54, 1.807) is 0 Å². The van der Waals surface area contributed by atoms with Gasteiger partial charge in [0, 0.05) is 16.3 Å². The van der Waals surface area contributed by atoms with Gasteiger partial charge in [-0.2, -0.15) is 0 Å². The van der Waals surface area contributed by atoms with Crippen molar-refractivity contribution in [1.82, 2.24) is 0 Å². The van der Waals surface area contributed by atoms with Crippen molar-refractivity contribution in [3.8, 4) is 33.4 Å². The normalized spacial score (nSPS) is 12.5. The van der Waals surface area contributed by atoms with Crippen molar-refractivity contribution in [1.29, 1.82) is 0 Å². The van der Waals surface area contributed by atoms with E-state index < -0.39 is 0 Å². The number of benzene rings is 8. The van der Waals surface area contributed by atoms with Gasteiger partial charge in [0.1, 0.15) is 11.2 Å². The predicted molar refractivity (Wildman–Crippen MR) is 185 cm³/mol. The molecular weight excluding hydrogens is 532 g/mol. The van der Waals surface area contributed by atoms with Crippen LogP contribution in [-0.2, 0) is 6.42 Å². The maximum Gasteiger partial charge on any atom is 0.143 e. The van der Waals surface area contributed by atoms with Crippen LogP contribution in [0.15, 0.2) is 150 Å². The van der Waals surface area contributed by atoms with E-state index in [0.29, 0.717) is 0 Å². The van der Waals surface area contributed by atoms with Gasteiger partial charge in [-0.1, -0.05) is 127 Å². The molecule has 0 amide bonds. The lowest BCUT2D eigenvalue weighted by molar-refractivity contribution is 0.670. The van der Waals surface area contributed by atoms with Crippen molar-refractivity contribution in [2.24, 2.45) is 0 Å². The van der Waals surface area contributed by atoms with Crippen molar-refractivity contribution in [3.05, 3.63) is 157 Å². The predicted octanol–water partition coefficient (Wildman–Crippen LogP) is 12.0. The standard InChI is InChI=1S/C43H26O/c1-2-12-27-23-29(22-21-26(27)11-1)40-32-16-5-7-18-34(32)41(35-19-8-6-17-33(35)40)37-25-38-31-15-9-10-20-39(31)44-43(38)42-30-14-4-3-13-28(30)24-36(37)42/h1-23,25H,24H2. The Morgan fingerprint density at radius 3 is 1.80 bits per heavy atom. The molecule has 8 aromatic carbocycles. The van der Waals surface area contributed by atoms with Crippen LogP contribution in [0, 0.1) is 0 Å². The van der Waals surface area contributed by atoms with Gasteiger partial charge < -0.3 is 4.42 Å². The van der Waals surface area contributed by atoms with E-state index in [2.05, 4.69) is 146 Å². The molecule has 0 spiro atoms. The second kappa shape index (κ2) is 8.92. The lowest BCUT2D eigenvalue weighted by Crippen LogP contribution is -1.94. The molecule has 1 aliphatic carbocycles.